The third-order valence-electron chi connectivity index (χ3n) is 1.73. The maximum absolute atomic E-state index is 9.75. The van der Waals surface area contributed by atoms with Crippen LogP contribution >= 0.6 is 0 Å². The van der Waals surface area contributed by atoms with Gasteiger partial charge in [-0.2, -0.15) is 0 Å². The first-order chi connectivity index (χ1) is 6.88. The molecule has 1 heterocycles. The number of hydrogen-bond donors (Lipinski definition) is 1. The van der Waals surface area contributed by atoms with Gasteiger partial charge in [0.25, 0.3) is 0 Å². The molecule has 0 amide bonds. The first-order valence-electron chi connectivity index (χ1n) is 4.85. The van der Waals surface area contributed by atoms with Gasteiger partial charge >= 0.3 is 7.25 Å². The second-order valence-corrected chi connectivity index (χ2v) is 3.02. The van der Waals surface area contributed by atoms with Crippen molar-refractivity contribution in [1.82, 2.24) is 0 Å². The monoisotopic (exact) mass is 226 g/mol. The van der Waals surface area contributed by atoms with Gasteiger partial charge in [0.05, 0.1) is 12.7 Å². The zero-order valence-electron chi connectivity index (χ0n) is 8.81. The Morgan fingerprint density at radius 3 is 2.20 bits per heavy atom. The number of halogens is 4. The topological polar surface area (TPSA) is 16.8 Å². The van der Waals surface area contributed by atoms with E-state index in [1.165, 1.54) is 23.7 Å². The van der Waals surface area contributed by atoms with Crippen LogP contribution in [0.2, 0.25) is 0 Å². The van der Waals surface area contributed by atoms with Gasteiger partial charge in [-0.3, -0.25) is 4.90 Å². The van der Waals surface area contributed by atoms with E-state index in [1.54, 1.807) is 0 Å². The highest BCUT2D eigenvalue weighted by molar-refractivity contribution is 6.50. The first-order valence-corrected chi connectivity index (χ1v) is 4.85. The molecule has 0 aromatic heterocycles. The molecule has 0 fully saturated rings. The molecular weight excluding hydrogens is 211 g/mol. The van der Waals surface area contributed by atoms with E-state index in [-0.39, 0.29) is 0 Å². The molecular formula is C8H15BF4N2. The van der Waals surface area contributed by atoms with E-state index in [0.29, 0.717) is 0 Å². The fraction of sp³-hybridized carbons (Fsp3) is 0.625. The molecule has 0 aliphatic carbocycles. The summed E-state index contributed by atoms with van der Waals surface area (Å²) in [6, 6.07) is 0. The molecule has 1 unspecified atom stereocenters. The van der Waals surface area contributed by atoms with Crippen molar-refractivity contribution in [3.8, 4) is 0 Å². The SMILES string of the molecule is CCC[NH+]1C=CN=C1CC.F[B-](F)(F)F. The Morgan fingerprint density at radius 1 is 1.27 bits per heavy atom. The van der Waals surface area contributed by atoms with E-state index in [2.05, 4.69) is 25.0 Å². The van der Waals surface area contributed by atoms with Crippen molar-refractivity contribution in [2.24, 2.45) is 4.99 Å². The van der Waals surface area contributed by atoms with Crippen LogP contribution in [0.15, 0.2) is 17.4 Å². The number of quaternary nitrogens is 1. The van der Waals surface area contributed by atoms with Gasteiger partial charge in [0.1, 0.15) is 6.20 Å². The smallest absolute Gasteiger partial charge is 0.418 e. The molecule has 0 saturated heterocycles. The highest BCUT2D eigenvalue weighted by atomic mass is 19.5. The molecule has 1 aliphatic heterocycles. The van der Waals surface area contributed by atoms with Gasteiger partial charge in [0.2, 0.25) is 5.84 Å². The Bertz CT molecular complexity index is 231. The predicted molar refractivity (Wildman–Crippen MR) is 53.2 cm³/mol. The molecule has 1 aliphatic rings. The number of rotatable bonds is 3. The Labute approximate surface area is 86.8 Å². The van der Waals surface area contributed by atoms with Gasteiger partial charge in [0.15, 0.2) is 0 Å². The molecule has 2 nitrogen and oxygen atoms in total. The maximum atomic E-state index is 9.75. The molecule has 0 saturated carbocycles. The van der Waals surface area contributed by atoms with Crippen molar-refractivity contribution in [1.29, 1.82) is 0 Å². The van der Waals surface area contributed by atoms with Crippen LogP contribution in [0.3, 0.4) is 0 Å². The average Bonchev–Trinajstić information content (AvgIpc) is 2.49. The van der Waals surface area contributed by atoms with Crippen LogP contribution in [0.4, 0.5) is 17.3 Å². The lowest BCUT2D eigenvalue weighted by molar-refractivity contribution is -0.745. The lowest BCUT2D eigenvalue weighted by Gasteiger charge is -2.08. The fourth-order valence-corrected chi connectivity index (χ4v) is 1.21. The number of nitrogens with one attached hydrogen (secondary N) is 1. The Hall–Kier alpha value is -0.845. The lowest BCUT2D eigenvalue weighted by atomic mass is 10.3. The van der Waals surface area contributed by atoms with Gasteiger partial charge in [-0.25, -0.2) is 4.99 Å². The summed E-state index contributed by atoms with van der Waals surface area (Å²) >= 11 is 0. The van der Waals surface area contributed by atoms with E-state index in [0.717, 1.165) is 6.42 Å². The number of amidine groups is 1. The van der Waals surface area contributed by atoms with E-state index in [1.807, 2.05) is 6.20 Å². The summed E-state index contributed by atoms with van der Waals surface area (Å²) in [4.78, 5) is 5.69. The van der Waals surface area contributed by atoms with Crippen molar-refractivity contribution in [2.75, 3.05) is 6.54 Å². The molecule has 88 valence electrons. The van der Waals surface area contributed by atoms with Gasteiger partial charge in [-0.1, -0.05) is 13.8 Å². The lowest BCUT2D eigenvalue weighted by Crippen LogP contribution is -3.09. The Kier molecular flexibility index (Phi) is 6.23. The number of aliphatic imine (C=N–C) groups is 1. The molecule has 0 spiro atoms. The van der Waals surface area contributed by atoms with Crippen LogP contribution in [0.1, 0.15) is 26.7 Å². The molecule has 1 N–H and O–H groups in total. The molecule has 1 atom stereocenters. The quantitative estimate of drug-likeness (QED) is 0.558. The maximum Gasteiger partial charge on any atom is 0.673 e. The summed E-state index contributed by atoms with van der Waals surface area (Å²) in [7, 11) is -6.00. The summed E-state index contributed by atoms with van der Waals surface area (Å²) in [6.45, 7) is 5.54. The fourth-order valence-electron chi connectivity index (χ4n) is 1.21. The standard InChI is InChI=1S/C8H14N2.BF4/c1-3-6-10-7-5-9-8(10)4-2;2-1(3,4)5/h5,7H,3-4,6H2,1-2H3;/q;-1/p+1. The molecule has 0 aromatic rings. The molecule has 7 heteroatoms. The molecule has 15 heavy (non-hydrogen) atoms. The average molecular weight is 226 g/mol. The van der Waals surface area contributed by atoms with E-state index in [9.17, 15) is 17.3 Å². The summed E-state index contributed by atoms with van der Waals surface area (Å²) in [6.07, 6.45) is 6.33. The summed E-state index contributed by atoms with van der Waals surface area (Å²) in [5, 5.41) is 0. The zero-order valence-corrected chi connectivity index (χ0v) is 8.81. The summed E-state index contributed by atoms with van der Waals surface area (Å²) in [5.74, 6) is 1.28. The van der Waals surface area contributed by atoms with Gasteiger partial charge < -0.3 is 17.3 Å². The predicted octanol–water partition coefficient (Wildman–Crippen LogP) is 1.87. The zero-order chi connectivity index (χ0) is 11.9. The molecule has 0 aromatic carbocycles. The number of nitrogens with zero attached hydrogens (tertiary/aromatic N) is 1. The number of hydrogen-bond acceptors (Lipinski definition) is 1. The first kappa shape index (κ1) is 14.2. The van der Waals surface area contributed by atoms with Crippen LogP contribution in [-0.2, 0) is 0 Å². The normalized spacial score (nSPS) is 19.6. The van der Waals surface area contributed by atoms with Crippen LogP contribution in [0.5, 0.6) is 0 Å². The van der Waals surface area contributed by atoms with Crippen molar-refractivity contribution < 1.29 is 22.2 Å². The minimum Gasteiger partial charge on any atom is -0.418 e. The summed E-state index contributed by atoms with van der Waals surface area (Å²) in [5.41, 5.74) is 0. The largest absolute Gasteiger partial charge is 0.673 e. The van der Waals surface area contributed by atoms with Crippen LogP contribution in [-0.4, -0.2) is 19.6 Å². The Balaban J connectivity index is 0.000000336. The van der Waals surface area contributed by atoms with Crippen LogP contribution in [0.25, 0.3) is 0 Å². The minimum atomic E-state index is -6.00. The third kappa shape index (κ3) is 8.17. The highest BCUT2D eigenvalue weighted by Gasteiger charge is 2.20. The molecule has 1 rings (SSSR count). The van der Waals surface area contributed by atoms with Crippen molar-refractivity contribution in [3.63, 3.8) is 0 Å². The van der Waals surface area contributed by atoms with Gasteiger partial charge in [0, 0.05) is 6.42 Å². The molecule has 0 bridgehead atoms. The van der Waals surface area contributed by atoms with Crippen LogP contribution in [0, 0.1) is 0 Å². The second kappa shape index (κ2) is 6.60. The van der Waals surface area contributed by atoms with Gasteiger partial charge in [-0.15, -0.1) is 0 Å². The van der Waals surface area contributed by atoms with E-state index >= 15 is 0 Å². The van der Waals surface area contributed by atoms with E-state index in [4.69, 9.17) is 0 Å². The molecule has 0 radical (unpaired) electrons. The second-order valence-electron chi connectivity index (χ2n) is 3.02. The summed E-state index contributed by atoms with van der Waals surface area (Å²) < 4.78 is 39.0. The van der Waals surface area contributed by atoms with Crippen LogP contribution < -0.4 is 4.90 Å². The van der Waals surface area contributed by atoms with Crippen molar-refractivity contribution in [2.45, 2.75) is 26.7 Å². The Morgan fingerprint density at radius 2 is 1.80 bits per heavy atom. The highest BCUT2D eigenvalue weighted by Crippen LogP contribution is 2.06. The van der Waals surface area contributed by atoms with Gasteiger partial charge in [-0.05, 0) is 6.42 Å². The van der Waals surface area contributed by atoms with Crippen molar-refractivity contribution >= 4 is 13.1 Å². The van der Waals surface area contributed by atoms with Crippen molar-refractivity contribution in [3.05, 3.63) is 12.4 Å². The third-order valence-corrected chi connectivity index (χ3v) is 1.73. The van der Waals surface area contributed by atoms with E-state index < -0.39 is 7.25 Å². The minimum absolute atomic E-state index is 1.07.